The summed E-state index contributed by atoms with van der Waals surface area (Å²) in [5.74, 6) is -1.04. The molecule has 0 bridgehead atoms. The van der Waals surface area contributed by atoms with Gasteiger partial charge in [0, 0.05) is 17.4 Å². The number of nitrogens with one attached hydrogen (secondary N) is 1. The molecule has 98 valence electrons. The fourth-order valence-corrected chi connectivity index (χ4v) is 2.57. The van der Waals surface area contributed by atoms with Crippen molar-refractivity contribution in [3.8, 4) is 0 Å². The van der Waals surface area contributed by atoms with Crippen molar-refractivity contribution in [2.75, 3.05) is 0 Å². The number of hydrogen-bond donors (Lipinski definition) is 1. The first-order valence-electron chi connectivity index (χ1n) is 5.94. The number of hydrogen-bond acceptors (Lipinski definition) is 1. The van der Waals surface area contributed by atoms with E-state index in [1.165, 1.54) is 19.1 Å². The van der Waals surface area contributed by atoms with Gasteiger partial charge in [0.25, 0.3) is 0 Å². The number of carbonyl (C=O) groups is 1. The van der Waals surface area contributed by atoms with E-state index < -0.39 is 22.6 Å². The zero-order valence-corrected chi connectivity index (χ0v) is 11.0. The number of rotatable bonds is 1. The summed E-state index contributed by atoms with van der Waals surface area (Å²) < 4.78 is 27.8. The monoisotopic (exact) mass is 253 g/mol. The van der Waals surface area contributed by atoms with Crippen LogP contribution in [0.4, 0.5) is 8.78 Å². The fourth-order valence-electron chi connectivity index (χ4n) is 2.57. The molecule has 18 heavy (non-hydrogen) atoms. The SMILES string of the molecule is Cc1cc(F)c(C2(C)CC(=O)NC2(C)C)cc1F. The molecule has 1 saturated heterocycles. The molecule has 1 aromatic rings. The van der Waals surface area contributed by atoms with Gasteiger partial charge in [-0.1, -0.05) is 6.92 Å². The number of benzene rings is 1. The molecule has 1 amide bonds. The van der Waals surface area contributed by atoms with Gasteiger partial charge in [-0.25, -0.2) is 8.78 Å². The molecule has 0 spiro atoms. The Kier molecular flexibility index (Phi) is 2.72. The molecular formula is C14H17F2NO. The first kappa shape index (κ1) is 13.0. The Bertz CT molecular complexity index is 525. The predicted octanol–water partition coefficient (Wildman–Crippen LogP) is 2.83. The number of amides is 1. The minimum Gasteiger partial charge on any atom is -0.350 e. The molecule has 0 aliphatic carbocycles. The van der Waals surface area contributed by atoms with Gasteiger partial charge in [-0.15, -0.1) is 0 Å². The fraction of sp³-hybridized carbons (Fsp3) is 0.500. The molecular weight excluding hydrogens is 236 g/mol. The molecule has 2 nitrogen and oxygen atoms in total. The van der Waals surface area contributed by atoms with Crippen LogP contribution in [0.25, 0.3) is 0 Å². The summed E-state index contributed by atoms with van der Waals surface area (Å²) >= 11 is 0. The van der Waals surface area contributed by atoms with Crippen molar-refractivity contribution in [2.45, 2.75) is 45.1 Å². The van der Waals surface area contributed by atoms with Crippen LogP contribution in [0.3, 0.4) is 0 Å². The molecule has 1 unspecified atom stereocenters. The Hall–Kier alpha value is -1.45. The minimum absolute atomic E-state index is 0.136. The van der Waals surface area contributed by atoms with E-state index >= 15 is 0 Å². The Morgan fingerprint density at radius 2 is 1.78 bits per heavy atom. The molecule has 0 aromatic heterocycles. The van der Waals surface area contributed by atoms with Gasteiger partial charge in [0.2, 0.25) is 5.91 Å². The second-order valence-corrected chi connectivity index (χ2v) is 5.76. The summed E-state index contributed by atoms with van der Waals surface area (Å²) in [5, 5.41) is 2.82. The lowest BCUT2D eigenvalue weighted by Gasteiger charge is -2.37. The molecule has 1 aromatic carbocycles. The van der Waals surface area contributed by atoms with E-state index in [2.05, 4.69) is 5.32 Å². The van der Waals surface area contributed by atoms with Gasteiger partial charge in [0.15, 0.2) is 0 Å². The van der Waals surface area contributed by atoms with Crippen LogP contribution in [0.5, 0.6) is 0 Å². The van der Waals surface area contributed by atoms with E-state index in [4.69, 9.17) is 0 Å². The maximum absolute atomic E-state index is 14.1. The lowest BCUT2D eigenvalue weighted by molar-refractivity contribution is -0.119. The largest absolute Gasteiger partial charge is 0.350 e. The maximum atomic E-state index is 14.1. The first-order chi connectivity index (χ1) is 8.17. The smallest absolute Gasteiger partial charge is 0.221 e. The molecule has 4 heteroatoms. The molecule has 1 fully saturated rings. The topological polar surface area (TPSA) is 29.1 Å². The van der Waals surface area contributed by atoms with Crippen molar-refractivity contribution in [2.24, 2.45) is 0 Å². The van der Waals surface area contributed by atoms with E-state index in [-0.39, 0.29) is 23.5 Å². The molecule has 1 heterocycles. The number of halogens is 2. The molecule has 1 aliphatic rings. The van der Waals surface area contributed by atoms with Crippen LogP contribution in [0, 0.1) is 18.6 Å². The summed E-state index contributed by atoms with van der Waals surface area (Å²) in [4.78, 5) is 11.6. The van der Waals surface area contributed by atoms with Crippen LogP contribution < -0.4 is 5.32 Å². The van der Waals surface area contributed by atoms with Crippen molar-refractivity contribution in [3.63, 3.8) is 0 Å². The average Bonchev–Trinajstić information content (AvgIpc) is 2.42. The van der Waals surface area contributed by atoms with Crippen LogP contribution in [0.1, 0.15) is 38.3 Å². The highest BCUT2D eigenvalue weighted by atomic mass is 19.1. The molecule has 1 N–H and O–H groups in total. The zero-order chi connectivity index (χ0) is 13.7. The minimum atomic E-state index is -0.747. The third-order valence-electron chi connectivity index (χ3n) is 4.19. The number of aryl methyl sites for hydroxylation is 1. The van der Waals surface area contributed by atoms with Gasteiger partial charge in [-0.3, -0.25) is 4.79 Å². The summed E-state index contributed by atoms with van der Waals surface area (Å²) in [6.07, 6.45) is 0.166. The average molecular weight is 253 g/mol. The second kappa shape index (κ2) is 3.77. The van der Waals surface area contributed by atoms with Crippen molar-refractivity contribution in [3.05, 3.63) is 34.9 Å². The van der Waals surface area contributed by atoms with Crippen molar-refractivity contribution < 1.29 is 13.6 Å². The third kappa shape index (κ3) is 1.71. The Morgan fingerprint density at radius 1 is 1.17 bits per heavy atom. The highest BCUT2D eigenvalue weighted by molar-refractivity contribution is 5.82. The van der Waals surface area contributed by atoms with Crippen LogP contribution in [0.15, 0.2) is 12.1 Å². The summed E-state index contributed by atoms with van der Waals surface area (Å²) in [6.45, 7) is 6.97. The lowest BCUT2D eigenvalue weighted by Crippen LogP contribution is -2.48. The van der Waals surface area contributed by atoms with Gasteiger partial charge < -0.3 is 5.32 Å². The third-order valence-corrected chi connectivity index (χ3v) is 4.19. The van der Waals surface area contributed by atoms with E-state index in [1.807, 2.05) is 13.8 Å². The summed E-state index contributed by atoms with van der Waals surface area (Å²) in [6, 6.07) is 2.40. The van der Waals surface area contributed by atoms with E-state index in [0.717, 1.165) is 0 Å². The summed E-state index contributed by atoms with van der Waals surface area (Å²) in [5.41, 5.74) is -0.820. The Morgan fingerprint density at radius 3 is 2.28 bits per heavy atom. The predicted molar refractivity (Wildman–Crippen MR) is 65.3 cm³/mol. The first-order valence-corrected chi connectivity index (χ1v) is 5.94. The van der Waals surface area contributed by atoms with Gasteiger partial charge in [-0.2, -0.15) is 0 Å². The van der Waals surface area contributed by atoms with Crippen LogP contribution in [-0.2, 0) is 10.2 Å². The number of carbonyl (C=O) groups excluding carboxylic acids is 1. The molecule has 1 atom stereocenters. The lowest BCUT2D eigenvalue weighted by atomic mass is 9.68. The highest BCUT2D eigenvalue weighted by Gasteiger charge is 2.51. The Labute approximate surface area is 105 Å². The van der Waals surface area contributed by atoms with Gasteiger partial charge in [0.1, 0.15) is 11.6 Å². The zero-order valence-electron chi connectivity index (χ0n) is 11.0. The van der Waals surface area contributed by atoms with E-state index in [1.54, 1.807) is 6.92 Å². The van der Waals surface area contributed by atoms with E-state index in [0.29, 0.717) is 0 Å². The van der Waals surface area contributed by atoms with E-state index in [9.17, 15) is 13.6 Å². The van der Waals surface area contributed by atoms with Crippen LogP contribution >= 0.6 is 0 Å². The van der Waals surface area contributed by atoms with Crippen molar-refractivity contribution in [1.29, 1.82) is 0 Å². The normalized spacial score (nSPS) is 26.2. The Balaban J connectivity index is 2.61. The summed E-state index contributed by atoms with van der Waals surface area (Å²) in [7, 11) is 0. The molecule has 0 saturated carbocycles. The van der Waals surface area contributed by atoms with Gasteiger partial charge in [0.05, 0.1) is 0 Å². The van der Waals surface area contributed by atoms with Crippen molar-refractivity contribution >= 4 is 5.91 Å². The second-order valence-electron chi connectivity index (χ2n) is 5.76. The standard InChI is InChI=1S/C14H17F2NO/c1-8-5-11(16)9(6-10(8)15)14(4)7-12(18)17-13(14,2)3/h5-6H,7H2,1-4H3,(H,17,18). The van der Waals surface area contributed by atoms with Crippen molar-refractivity contribution in [1.82, 2.24) is 5.32 Å². The molecule has 2 rings (SSSR count). The van der Waals surface area contributed by atoms with Crippen LogP contribution in [0.2, 0.25) is 0 Å². The molecule has 1 aliphatic heterocycles. The molecule has 0 radical (unpaired) electrons. The van der Waals surface area contributed by atoms with Gasteiger partial charge >= 0.3 is 0 Å². The van der Waals surface area contributed by atoms with Crippen LogP contribution in [-0.4, -0.2) is 11.4 Å². The van der Waals surface area contributed by atoms with Gasteiger partial charge in [-0.05, 0) is 44.0 Å². The highest BCUT2D eigenvalue weighted by Crippen LogP contribution is 2.43. The maximum Gasteiger partial charge on any atom is 0.221 e. The quantitative estimate of drug-likeness (QED) is 0.819.